The average molecular weight is 311 g/mol. The monoisotopic (exact) mass is 310 g/mol. The highest BCUT2D eigenvalue weighted by Gasteiger charge is 2.11. The molecule has 0 aliphatic rings. The van der Waals surface area contributed by atoms with Crippen molar-refractivity contribution in [2.24, 2.45) is 0 Å². The van der Waals surface area contributed by atoms with Crippen LogP contribution in [0.3, 0.4) is 0 Å². The number of rotatable bonds is 5. The molecule has 1 aromatic heterocycles. The van der Waals surface area contributed by atoms with Gasteiger partial charge < -0.3 is 9.84 Å². The molecular formula is C15H16ClFN2O2. The Morgan fingerprint density at radius 2 is 2.19 bits per heavy atom. The lowest BCUT2D eigenvalue weighted by Crippen LogP contribution is -2.23. The van der Waals surface area contributed by atoms with E-state index in [0.29, 0.717) is 23.4 Å². The Balaban J connectivity index is 1.85. The van der Waals surface area contributed by atoms with Gasteiger partial charge in [-0.1, -0.05) is 22.8 Å². The van der Waals surface area contributed by atoms with Gasteiger partial charge in [-0.25, -0.2) is 4.39 Å². The molecule has 0 spiro atoms. The summed E-state index contributed by atoms with van der Waals surface area (Å²) in [6.07, 6.45) is 0.909. The first kappa shape index (κ1) is 15.5. The first-order valence-corrected chi connectivity index (χ1v) is 6.97. The molecular weight excluding hydrogens is 295 g/mol. The molecule has 0 saturated heterocycles. The predicted octanol–water partition coefficient (Wildman–Crippen LogP) is 3.33. The van der Waals surface area contributed by atoms with Crippen LogP contribution in [-0.4, -0.2) is 11.1 Å². The van der Waals surface area contributed by atoms with Gasteiger partial charge >= 0.3 is 0 Å². The number of nitrogens with zero attached hydrogens (tertiary/aromatic N) is 1. The molecule has 0 bridgehead atoms. The summed E-state index contributed by atoms with van der Waals surface area (Å²) in [6.45, 7) is 3.95. The van der Waals surface area contributed by atoms with Crippen LogP contribution in [0.15, 0.2) is 22.7 Å². The van der Waals surface area contributed by atoms with E-state index in [2.05, 4.69) is 10.5 Å². The number of aryl methyl sites for hydroxylation is 2. The van der Waals surface area contributed by atoms with Crippen molar-refractivity contribution in [3.05, 3.63) is 51.6 Å². The molecule has 21 heavy (non-hydrogen) atoms. The summed E-state index contributed by atoms with van der Waals surface area (Å²) in [5, 5.41) is 6.92. The lowest BCUT2D eigenvalue weighted by molar-refractivity contribution is -0.121. The fourth-order valence-corrected chi connectivity index (χ4v) is 2.28. The van der Waals surface area contributed by atoms with E-state index in [1.54, 1.807) is 6.07 Å². The molecule has 1 amide bonds. The van der Waals surface area contributed by atoms with E-state index in [0.717, 1.165) is 17.0 Å². The van der Waals surface area contributed by atoms with Gasteiger partial charge in [0, 0.05) is 23.6 Å². The van der Waals surface area contributed by atoms with Gasteiger partial charge in [0.05, 0.1) is 5.69 Å². The van der Waals surface area contributed by atoms with Gasteiger partial charge in [0.15, 0.2) is 0 Å². The van der Waals surface area contributed by atoms with Crippen LogP contribution in [-0.2, 0) is 17.8 Å². The minimum Gasteiger partial charge on any atom is -0.361 e. The highest BCUT2D eigenvalue weighted by atomic mass is 35.5. The van der Waals surface area contributed by atoms with Crippen LogP contribution >= 0.6 is 11.6 Å². The molecule has 0 unspecified atom stereocenters. The average Bonchev–Trinajstić information content (AvgIpc) is 2.75. The lowest BCUT2D eigenvalue weighted by Gasteiger charge is -2.07. The molecule has 1 heterocycles. The van der Waals surface area contributed by atoms with Gasteiger partial charge in [-0.05, 0) is 38.0 Å². The Labute approximate surface area is 127 Å². The van der Waals surface area contributed by atoms with E-state index in [1.165, 1.54) is 12.1 Å². The molecule has 0 radical (unpaired) electrons. The minimum absolute atomic E-state index is 0.101. The molecule has 2 rings (SSSR count). The molecule has 4 nitrogen and oxygen atoms in total. The smallest absolute Gasteiger partial charge is 0.220 e. The number of nitrogens with one attached hydrogen (secondary N) is 1. The molecule has 0 saturated carbocycles. The molecule has 6 heteroatoms. The fraction of sp³-hybridized carbons (Fsp3) is 0.333. The molecule has 1 aromatic carbocycles. The number of carbonyl (C=O) groups excluding carboxylic acids is 1. The van der Waals surface area contributed by atoms with Gasteiger partial charge in [0.1, 0.15) is 11.6 Å². The summed E-state index contributed by atoms with van der Waals surface area (Å²) in [4.78, 5) is 11.8. The standard InChI is InChI=1S/C15H16ClFN2O2/c1-9-13(10(2)21-19-9)5-6-15(20)18-8-11-3-4-12(17)7-14(11)16/h3-4,7H,5-6,8H2,1-2H3,(H,18,20). The maximum Gasteiger partial charge on any atom is 0.220 e. The first-order valence-electron chi connectivity index (χ1n) is 6.59. The summed E-state index contributed by atoms with van der Waals surface area (Å²) >= 11 is 5.90. The largest absolute Gasteiger partial charge is 0.361 e. The molecule has 0 aliphatic heterocycles. The van der Waals surface area contributed by atoms with E-state index < -0.39 is 5.82 Å². The van der Waals surface area contributed by atoms with Gasteiger partial charge in [-0.3, -0.25) is 4.79 Å². The predicted molar refractivity (Wildman–Crippen MR) is 77.6 cm³/mol. The van der Waals surface area contributed by atoms with Crippen LogP contribution in [0.1, 0.15) is 29.0 Å². The maximum absolute atomic E-state index is 12.9. The molecule has 0 aliphatic carbocycles. The van der Waals surface area contributed by atoms with Crippen LogP contribution < -0.4 is 5.32 Å². The van der Waals surface area contributed by atoms with Crippen molar-refractivity contribution in [2.75, 3.05) is 0 Å². The van der Waals surface area contributed by atoms with E-state index in [-0.39, 0.29) is 12.5 Å². The third-order valence-electron chi connectivity index (χ3n) is 3.27. The Morgan fingerprint density at radius 3 is 2.81 bits per heavy atom. The zero-order valence-corrected chi connectivity index (χ0v) is 12.6. The normalized spacial score (nSPS) is 10.7. The zero-order valence-electron chi connectivity index (χ0n) is 11.9. The molecule has 1 N–H and O–H groups in total. The van der Waals surface area contributed by atoms with Crippen LogP contribution in [0.5, 0.6) is 0 Å². The van der Waals surface area contributed by atoms with Gasteiger partial charge in [-0.15, -0.1) is 0 Å². The van der Waals surface area contributed by atoms with Gasteiger partial charge in [0.25, 0.3) is 0 Å². The SMILES string of the molecule is Cc1noc(C)c1CCC(=O)NCc1ccc(F)cc1Cl. The summed E-state index contributed by atoms with van der Waals surface area (Å²) in [6, 6.07) is 4.11. The lowest BCUT2D eigenvalue weighted by atomic mass is 10.1. The fourth-order valence-electron chi connectivity index (χ4n) is 2.04. The van der Waals surface area contributed by atoms with Crippen LogP contribution in [0.2, 0.25) is 5.02 Å². The number of hydrogen-bond acceptors (Lipinski definition) is 3. The van der Waals surface area contributed by atoms with Crippen molar-refractivity contribution in [3.8, 4) is 0 Å². The first-order chi connectivity index (χ1) is 9.97. The van der Waals surface area contributed by atoms with Crippen LogP contribution in [0.4, 0.5) is 4.39 Å². The quantitative estimate of drug-likeness (QED) is 0.921. The van der Waals surface area contributed by atoms with Gasteiger partial charge in [-0.2, -0.15) is 0 Å². The van der Waals surface area contributed by atoms with E-state index in [1.807, 2.05) is 13.8 Å². The summed E-state index contributed by atoms with van der Waals surface area (Å²) in [5.41, 5.74) is 2.45. The highest BCUT2D eigenvalue weighted by Crippen LogP contribution is 2.17. The zero-order chi connectivity index (χ0) is 15.4. The highest BCUT2D eigenvalue weighted by molar-refractivity contribution is 6.31. The number of aromatic nitrogens is 1. The van der Waals surface area contributed by atoms with Gasteiger partial charge in [0.2, 0.25) is 5.91 Å². The van der Waals surface area contributed by atoms with Crippen molar-refractivity contribution >= 4 is 17.5 Å². The van der Waals surface area contributed by atoms with Crippen molar-refractivity contribution in [1.82, 2.24) is 10.5 Å². The second kappa shape index (κ2) is 6.72. The van der Waals surface area contributed by atoms with Crippen molar-refractivity contribution < 1.29 is 13.7 Å². The summed E-state index contributed by atoms with van der Waals surface area (Å²) < 4.78 is 18.0. The van der Waals surface area contributed by atoms with Crippen LogP contribution in [0.25, 0.3) is 0 Å². The van der Waals surface area contributed by atoms with E-state index in [9.17, 15) is 9.18 Å². The van der Waals surface area contributed by atoms with Crippen molar-refractivity contribution in [1.29, 1.82) is 0 Å². The third kappa shape index (κ3) is 4.04. The number of carbonyl (C=O) groups is 1. The Hall–Kier alpha value is -1.88. The molecule has 112 valence electrons. The Bertz CT molecular complexity index is 636. The van der Waals surface area contributed by atoms with E-state index in [4.69, 9.17) is 16.1 Å². The summed E-state index contributed by atoms with van der Waals surface area (Å²) in [5.74, 6) is 0.241. The van der Waals surface area contributed by atoms with Crippen molar-refractivity contribution in [2.45, 2.75) is 33.2 Å². The third-order valence-corrected chi connectivity index (χ3v) is 3.63. The minimum atomic E-state index is -0.395. The van der Waals surface area contributed by atoms with E-state index >= 15 is 0 Å². The van der Waals surface area contributed by atoms with Crippen molar-refractivity contribution in [3.63, 3.8) is 0 Å². The molecule has 0 fully saturated rings. The number of benzene rings is 1. The Morgan fingerprint density at radius 1 is 1.43 bits per heavy atom. The number of halogens is 2. The molecule has 0 atom stereocenters. The van der Waals surface area contributed by atoms with Crippen LogP contribution in [0, 0.1) is 19.7 Å². The maximum atomic E-state index is 12.9. The Kier molecular flexibility index (Phi) is 4.96. The number of hydrogen-bond donors (Lipinski definition) is 1. The topological polar surface area (TPSA) is 55.1 Å². The number of amides is 1. The second-order valence-corrected chi connectivity index (χ2v) is 5.22. The second-order valence-electron chi connectivity index (χ2n) is 4.82. The molecule has 2 aromatic rings. The summed E-state index contributed by atoms with van der Waals surface area (Å²) in [7, 11) is 0.